The Bertz CT molecular complexity index is 459. The minimum atomic E-state index is 0.147. The molecule has 2 nitrogen and oxygen atoms in total. The average Bonchev–Trinajstić information content (AvgIpc) is 2.82. The molecule has 2 fully saturated rings. The van der Waals surface area contributed by atoms with Gasteiger partial charge < -0.3 is 10.1 Å². The summed E-state index contributed by atoms with van der Waals surface area (Å²) < 4.78 is 7.12. The zero-order chi connectivity index (χ0) is 13.3. The summed E-state index contributed by atoms with van der Waals surface area (Å²) >= 11 is 9.75. The minimum Gasteiger partial charge on any atom is -0.381 e. The summed E-state index contributed by atoms with van der Waals surface area (Å²) in [6, 6.07) is 6.42. The molecule has 4 heteroatoms. The molecule has 1 aliphatic heterocycles. The molecule has 0 aromatic heterocycles. The van der Waals surface area contributed by atoms with E-state index >= 15 is 0 Å². The molecule has 0 radical (unpaired) electrons. The van der Waals surface area contributed by atoms with Gasteiger partial charge in [0.05, 0.1) is 16.3 Å². The lowest BCUT2D eigenvalue weighted by Crippen LogP contribution is -2.42. The van der Waals surface area contributed by atoms with Crippen LogP contribution in [0.25, 0.3) is 0 Å². The molecule has 1 unspecified atom stereocenters. The lowest BCUT2D eigenvalue weighted by Gasteiger charge is -2.39. The van der Waals surface area contributed by atoms with Gasteiger partial charge in [0, 0.05) is 17.1 Å². The topological polar surface area (TPSA) is 21.3 Å². The second-order valence-corrected chi connectivity index (χ2v) is 7.02. The van der Waals surface area contributed by atoms with Crippen LogP contribution in [0.3, 0.4) is 0 Å². The summed E-state index contributed by atoms with van der Waals surface area (Å²) in [5.41, 5.74) is 1.17. The molecule has 0 amide bonds. The molecule has 1 saturated carbocycles. The largest absolute Gasteiger partial charge is 0.381 e. The highest BCUT2D eigenvalue weighted by atomic mass is 79.9. The van der Waals surface area contributed by atoms with Crippen LogP contribution in [0.2, 0.25) is 5.02 Å². The van der Waals surface area contributed by atoms with E-state index in [9.17, 15) is 0 Å². The first-order valence-corrected chi connectivity index (χ1v) is 8.20. The molecular weight excluding hydrogens is 326 g/mol. The summed E-state index contributed by atoms with van der Waals surface area (Å²) in [7, 11) is 0. The van der Waals surface area contributed by atoms with Crippen molar-refractivity contribution in [3.8, 4) is 0 Å². The van der Waals surface area contributed by atoms with E-state index in [1.54, 1.807) is 0 Å². The Labute approximate surface area is 128 Å². The van der Waals surface area contributed by atoms with E-state index in [0.29, 0.717) is 6.04 Å². The number of hydrogen-bond donors (Lipinski definition) is 1. The Morgan fingerprint density at radius 1 is 1.32 bits per heavy atom. The lowest BCUT2D eigenvalue weighted by molar-refractivity contribution is -0.0767. The van der Waals surface area contributed by atoms with Crippen molar-refractivity contribution in [2.75, 3.05) is 11.9 Å². The molecule has 1 N–H and O–H groups in total. The highest BCUT2D eigenvalue weighted by molar-refractivity contribution is 9.10. The predicted octanol–water partition coefficient (Wildman–Crippen LogP) is 5.01. The Morgan fingerprint density at radius 3 is 2.89 bits per heavy atom. The van der Waals surface area contributed by atoms with Gasteiger partial charge in [-0.2, -0.15) is 0 Å². The maximum atomic E-state index is 6.25. The van der Waals surface area contributed by atoms with Gasteiger partial charge >= 0.3 is 0 Å². The molecule has 1 spiro atoms. The lowest BCUT2D eigenvalue weighted by atomic mass is 9.89. The summed E-state index contributed by atoms with van der Waals surface area (Å²) in [6.07, 6.45) is 7.23. The Kier molecular flexibility index (Phi) is 4.06. The van der Waals surface area contributed by atoms with Crippen LogP contribution in [0.1, 0.15) is 38.5 Å². The van der Waals surface area contributed by atoms with E-state index in [0.717, 1.165) is 34.6 Å². The van der Waals surface area contributed by atoms with Gasteiger partial charge in [0.2, 0.25) is 0 Å². The fourth-order valence-electron chi connectivity index (χ4n) is 3.35. The normalized spacial score (nSPS) is 25.7. The molecule has 2 aliphatic rings. The quantitative estimate of drug-likeness (QED) is 0.814. The minimum absolute atomic E-state index is 0.147. The van der Waals surface area contributed by atoms with Crippen molar-refractivity contribution in [1.82, 2.24) is 0 Å². The first-order chi connectivity index (χ1) is 9.17. The van der Waals surface area contributed by atoms with E-state index < -0.39 is 0 Å². The maximum absolute atomic E-state index is 6.25. The average molecular weight is 345 g/mol. The highest BCUT2D eigenvalue weighted by Gasteiger charge is 2.39. The van der Waals surface area contributed by atoms with Gasteiger partial charge in [0.25, 0.3) is 0 Å². The number of ether oxygens (including phenoxy) is 1. The first kappa shape index (κ1) is 13.7. The number of hydrogen-bond acceptors (Lipinski definition) is 2. The predicted molar refractivity (Wildman–Crippen MR) is 82.9 cm³/mol. The summed E-state index contributed by atoms with van der Waals surface area (Å²) in [6.45, 7) is 0.864. The van der Waals surface area contributed by atoms with Crippen LogP contribution in [0, 0.1) is 0 Å². The van der Waals surface area contributed by atoms with Crippen LogP contribution >= 0.6 is 27.5 Å². The number of anilines is 1. The van der Waals surface area contributed by atoms with Crippen LogP contribution in [-0.2, 0) is 4.74 Å². The number of halogens is 2. The van der Waals surface area contributed by atoms with Crippen molar-refractivity contribution in [1.29, 1.82) is 0 Å². The number of nitrogens with one attached hydrogen (secondary N) is 1. The van der Waals surface area contributed by atoms with Crippen molar-refractivity contribution in [2.24, 2.45) is 0 Å². The number of benzene rings is 1. The number of rotatable bonds is 2. The summed E-state index contributed by atoms with van der Waals surface area (Å²) in [4.78, 5) is 0. The van der Waals surface area contributed by atoms with E-state index in [1.807, 2.05) is 12.1 Å². The smallest absolute Gasteiger partial charge is 0.0702 e. The van der Waals surface area contributed by atoms with Crippen LogP contribution in [0.5, 0.6) is 0 Å². The highest BCUT2D eigenvalue weighted by Crippen LogP contribution is 2.41. The zero-order valence-corrected chi connectivity index (χ0v) is 13.3. The van der Waals surface area contributed by atoms with Crippen LogP contribution < -0.4 is 5.32 Å². The van der Waals surface area contributed by atoms with Crippen LogP contribution in [0.4, 0.5) is 5.69 Å². The van der Waals surface area contributed by atoms with Gasteiger partial charge in [0.1, 0.15) is 0 Å². The molecule has 1 atom stereocenters. The van der Waals surface area contributed by atoms with Gasteiger partial charge in [-0.15, -0.1) is 0 Å². The summed E-state index contributed by atoms with van der Waals surface area (Å²) in [5, 5.41) is 4.39. The second kappa shape index (κ2) is 5.63. The first-order valence-electron chi connectivity index (χ1n) is 7.02. The standard InChI is InChI=1S/C15H19BrClNO/c16-11-3-4-13(17)14(9-11)18-12-5-8-19-15(10-12)6-1-2-7-15/h3-4,9,12,18H,1-2,5-8,10H2. The molecule has 1 heterocycles. The van der Waals surface area contributed by atoms with Crippen molar-refractivity contribution in [3.05, 3.63) is 27.7 Å². The zero-order valence-electron chi connectivity index (χ0n) is 10.9. The molecule has 3 rings (SSSR count). The van der Waals surface area contributed by atoms with Gasteiger partial charge in [0.15, 0.2) is 0 Å². The van der Waals surface area contributed by atoms with E-state index in [4.69, 9.17) is 16.3 Å². The molecule has 104 valence electrons. The van der Waals surface area contributed by atoms with Crippen LogP contribution in [0.15, 0.2) is 22.7 Å². The van der Waals surface area contributed by atoms with Gasteiger partial charge in [-0.3, -0.25) is 0 Å². The van der Waals surface area contributed by atoms with Gasteiger partial charge in [-0.05, 0) is 43.9 Å². The molecule has 19 heavy (non-hydrogen) atoms. The SMILES string of the molecule is Clc1ccc(Br)cc1NC1CCOC2(CCCC2)C1. The molecule has 1 aromatic rings. The Morgan fingerprint density at radius 2 is 2.11 bits per heavy atom. The molecule has 1 saturated heterocycles. The Hall–Kier alpha value is -0.250. The molecule has 0 bridgehead atoms. The third kappa shape index (κ3) is 3.09. The molecule has 1 aromatic carbocycles. The van der Waals surface area contributed by atoms with Crippen molar-refractivity contribution in [2.45, 2.75) is 50.2 Å². The fraction of sp³-hybridized carbons (Fsp3) is 0.600. The van der Waals surface area contributed by atoms with Crippen LogP contribution in [-0.4, -0.2) is 18.2 Å². The van der Waals surface area contributed by atoms with E-state index in [-0.39, 0.29) is 5.60 Å². The van der Waals surface area contributed by atoms with Gasteiger partial charge in [-0.25, -0.2) is 0 Å². The van der Waals surface area contributed by atoms with Gasteiger partial charge in [-0.1, -0.05) is 40.4 Å². The third-order valence-electron chi connectivity index (χ3n) is 4.30. The van der Waals surface area contributed by atoms with Crippen molar-refractivity contribution in [3.63, 3.8) is 0 Å². The third-order valence-corrected chi connectivity index (χ3v) is 5.12. The molecule has 1 aliphatic carbocycles. The maximum Gasteiger partial charge on any atom is 0.0702 e. The summed E-state index contributed by atoms with van der Waals surface area (Å²) in [5.74, 6) is 0. The van der Waals surface area contributed by atoms with E-state index in [2.05, 4.69) is 27.3 Å². The van der Waals surface area contributed by atoms with E-state index in [1.165, 1.54) is 25.7 Å². The fourth-order valence-corrected chi connectivity index (χ4v) is 3.88. The van der Waals surface area contributed by atoms with Crippen molar-refractivity contribution < 1.29 is 4.74 Å². The monoisotopic (exact) mass is 343 g/mol. The Balaban J connectivity index is 1.70. The molecular formula is C15H19BrClNO. The van der Waals surface area contributed by atoms with Crippen molar-refractivity contribution >= 4 is 33.2 Å². The second-order valence-electron chi connectivity index (χ2n) is 5.70.